The maximum absolute atomic E-state index is 13.3. The van der Waals surface area contributed by atoms with E-state index in [2.05, 4.69) is 29.2 Å². The van der Waals surface area contributed by atoms with Crippen LogP contribution in [0.25, 0.3) is 15.9 Å². The predicted molar refractivity (Wildman–Crippen MR) is 112 cm³/mol. The number of halogens is 1. The highest BCUT2D eigenvalue weighted by Gasteiger charge is 2.29. The van der Waals surface area contributed by atoms with Crippen molar-refractivity contribution >= 4 is 27.5 Å². The molecule has 6 nitrogen and oxygen atoms in total. The average molecular weight is 417 g/mol. The SMILES string of the molecule is Cc1nn(-c2ccc(F)cc2)c2sc(C(=O)NCC(C)(C)N3CCOCC3)cc12. The zero-order chi connectivity index (χ0) is 20.6. The van der Waals surface area contributed by atoms with E-state index in [1.807, 2.05) is 13.0 Å². The molecule has 154 valence electrons. The fourth-order valence-corrected chi connectivity index (χ4v) is 4.68. The van der Waals surface area contributed by atoms with Gasteiger partial charge in [-0.25, -0.2) is 9.07 Å². The molecule has 0 aliphatic carbocycles. The largest absolute Gasteiger partial charge is 0.379 e. The van der Waals surface area contributed by atoms with Crippen LogP contribution in [-0.4, -0.2) is 59.0 Å². The average Bonchev–Trinajstić information content (AvgIpc) is 3.28. The molecule has 0 spiro atoms. The number of hydrogen-bond donors (Lipinski definition) is 1. The Labute approximate surface area is 173 Å². The number of ether oxygens (including phenoxy) is 1. The Kier molecular flexibility index (Phi) is 5.42. The van der Waals surface area contributed by atoms with Gasteiger partial charge in [-0.3, -0.25) is 9.69 Å². The molecule has 1 N–H and O–H groups in total. The summed E-state index contributed by atoms with van der Waals surface area (Å²) >= 11 is 1.40. The molecule has 1 saturated heterocycles. The van der Waals surface area contributed by atoms with Crippen LogP contribution >= 0.6 is 11.3 Å². The van der Waals surface area contributed by atoms with Gasteiger partial charge in [0.2, 0.25) is 0 Å². The number of fused-ring (bicyclic) bond motifs is 1. The fraction of sp³-hybridized carbons (Fsp3) is 0.429. The molecule has 1 aromatic carbocycles. The minimum absolute atomic E-state index is 0.0856. The molecule has 0 radical (unpaired) electrons. The second kappa shape index (κ2) is 7.85. The van der Waals surface area contributed by atoms with E-state index in [4.69, 9.17) is 4.74 Å². The number of nitrogens with zero attached hydrogens (tertiary/aromatic N) is 3. The highest BCUT2D eigenvalue weighted by atomic mass is 32.1. The first-order valence-electron chi connectivity index (χ1n) is 9.71. The van der Waals surface area contributed by atoms with E-state index >= 15 is 0 Å². The fourth-order valence-electron chi connectivity index (χ4n) is 3.58. The van der Waals surface area contributed by atoms with Crippen LogP contribution in [0.3, 0.4) is 0 Å². The molecule has 3 aromatic rings. The van der Waals surface area contributed by atoms with Gasteiger partial charge in [-0.1, -0.05) is 0 Å². The summed E-state index contributed by atoms with van der Waals surface area (Å²) in [6.07, 6.45) is 0. The normalized spacial score (nSPS) is 15.7. The molecule has 0 bridgehead atoms. The van der Waals surface area contributed by atoms with Crippen LogP contribution in [0.15, 0.2) is 30.3 Å². The van der Waals surface area contributed by atoms with Crippen LogP contribution in [-0.2, 0) is 4.74 Å². The number of benzene rings is 1. The first-order valence-corrected chi connectivity index (χ1v) is 10.5. The lowest BCUT2D eigenvalue weighted by molar-refractivity contribution is -0.00922. The zero-order valence-corrected chi connectivity index (χ0v) is 17.7. The van der Waals surface area contributed by atoms with Crippen LogP contribution in [0.5, 0.6) is 0 Å². The van der Waals surface area contributed by atoms with Crippen molar-refractivity contribution in [3.63, 3.8) is 0 Å². The van der Waals surface area contributed by atoms with Crippen molar-refractivity contribution in [2.24, 2.45) is 0 Å². The van der Waals surface area contributed by atoms with E-state index in [0.717, 1.165) is 47.9 Å². The topological polar surface area (TPSA) is 59.4 Å². The number of morpholine rings is 1. The van der Waals surface area contributed by atoms with E-state index < -0.39 is 0 Å². The third-order valence-electron chi connectivity index (χ3n) is 5.39. The number of carbonyl (C=O) groups excluding carboxylic acids is 1. The predicted octanol–water partition coefficient (Wildman–Crippen LogP) is 3.38. The smallest absolute Gasteiger partial charge is 0.261 e. The van der Waals surface area contributed by atoms with Gasteiger partial charge in [-0.05, 0) is 51.1 Å². The van der Waals surface area contributed by atoms with Crippen LogP contribution in [0.2, 0.25) is 0 Å². The number of thiophene rings is 1. The van der Waals surface area contributed by atoms with Gasteiger partial charge >= 0.3 is 0 Å². The van der Waals surface area contributed by atoms with Crippen LogP contribution in [0, 0.1) is 12.7 Å². The maximum Gasteiger partial charge on any atom is 0.261 e. The number of rotatable bonds is 5. The van der Waals surface area contributed by atoms with Crippen molar-refractivity contribution < 1.29 is 13.9 Å². The van der Waals surface area contributed by atoms with Crippen molar-refractivity contribution in [3.8, 4) is 5.69 Å². The summed E-state index contributed by atoms with van der Waals surface area (Å²) in [4.78, 5) is 16.7. The number of aromatic nitrogens is 2. The summed E-state index contributed by atoms with van der Waals surface area (Å²) in [6.45, 7) is 9.96. The molecule has 1 aliphatic heterocycles. The third-order valence-corrected chi connectivity index (χ3v) is 6.50. The third kappa shape index (κ3) is 4.05. The number of nitrogens with one attached hydrogen (secondary N) is 1. The second-order valence-electron chi connectivity index (χ2n) is 7.90. The number of amides is 1. The molecule has 1 amide bonds. The molecule has 4 rings (SSSR count). The first-order chi connectivity index (χ1) is 13.8. The van der Waals surface area contributed by atoms with Crippen LogP contribution in [0.4, 0.5) is 4.39 Å². The van der Waals surface area contributed by atoms with Crippen molar-refractivity contribution in [1.82, 2.24) is 20.0 Å². The van der Waals surface area contributed by atoms with Crippen LogP contribution < -0.4 is 5.32 Å². The van der Waals surface area contributed by atoms with Crippen LogP contribution in [0.1, 0.15) is 29.2 Å². The summed E-state index contributed by atoms with van der Waals surface area (Å²) < 4.78 is 20.4. The lowest BCUT2D eigenvalue weighted by atomic mass is 10.0. The van der Waals surface area contributed by atoms with Gasteiger partial charge in [0.1, 0.15) is 10.6 Å². The Bertz CT molecular complexity index is 1020. The standard InChI is InChI=1S/C21H25FN4O2S/c1-14-17-12-18(19(27)23-13-21(2,3)25-8-10-28-11-9-25)29-20(17)26(24-14)16-6-4-15(22)5-7-16/h4-7,12H,8-11,13H2,1-3H3,(H,23,27). The number of hydrogen-bond acceptors (Lipinski definition) is 5. The van der Waals surface area contributed by atoms with Crippen molar-refractivity contribution in [1.29, 1.82) is 0 Å². The van der Waals surface area contributed by atoms with Gasteiger partial charge in [-0.15, -0.1) is 11.3 Å². The number of aryl methyl sites for hydroxylation is 1. The monoisotopic (exact) mass is 416 g/mol. The highest BCUT2D eigenvalue weighted by molar-refractivity contribution is 7.20. The molecule has 29 heavy (non-hydrogen) atoms. The lowest BCUT2D eigenvalue weighted by Gasteiger charge is -2.40. The van der Waals surface area contributed by atoms with E-state index in [0.29, 0.717) is 11.4 Å². The second-order valence-corrected chi connectivity index (χ2v) is 8.93. The van der Waals surface area contributed by atoms with Gasteiger partial charge in [0.15, 0.2) is 0 Å². The molecule has 0 atom stereocenters. The summed E-state index contributed by atoms with van der Waals surface area (Å²) in [6, 6.07) is 8.08. The molecule has 3 heterocycles. The summed E-state index contributed by atoms with van der Waals surface area (Å²) in [5.74, 6) is -0.374. The molecule has 0 unspecified atom stereocenters. The molecule has 8 heteroatoms. The Morgan fingerprint density at radius 3 is 2.66 bits per heavy atom. The molecular formula is C21H25FN4O2S. The Hall–Kier alpha value is -2.29. The van der Waals surface area contributed by atoms with Gasteiger partial charge in [0.25, 0.3) is 5.91 Å². The first kappa shape index (κ1) is 20.0. The van der Waals surface area contributed by atoms with Gasteiger partial charge in [-0.2, -0.15) is 5.10 Å². The molecule has 1 fully saturated rings. The zero-order valence-electron chi connectivity index (χ0n) is 16.9. The molecule has 1 aliphatic rings. The van der Waals surface area contributed by atoms with Crippen molar-refractivity contribution in [3.05, 3.63) is 46.7 Å². The minimum Gasteiger partial charge on any atom is -0.379 e. The van der Waals surface area contributed by atoms with E-state index in [1.54, 1.807) is 16.8 Å². The summed E-state index contributed by atoms with van der Waals surface area (Å²) in [5, 5.41) is 8.58. The lowest BCUT2D eigenvalue weighted by Crippen LogP contribution is -2.55. The van der Waals surface area contributed by atoms with E-state index in [1.165, 1.54) is 23.5 Å². The Balaban J connectivity index is 1.52. The summed E-state index contributed by atoms with van der Waals surface area (Å²) in [7, 11) is 0. The number of carbonyl (C=O) groups is 1. The van der Waals surface area contributed by atoms with E-state index in [-0.39, 0.29) is 17.3 Å². The summed E-state index contributed by atoms with van der Waals surface area (Å²) in [5.41, 5.74) is 1.47. The molecule has 0 saturated carbocycles. The minimum atomic E-state index is -0.289. The van der Waals surface area contributed by atoms with Crippen molar-refractivity contribution in [2.75, 3.05) is 32.8 Å². The van der Waals surface area contributed by atoms with Gasteiger partial charge < -0.3 is 10.1 Å². The highest BCUT2D eigenvalue weighted by Crippen LogP contribution is 2.30. The van der Waals surface area contributed by atoms with Crippen molar-refractivity contribution in [2.45, 2.75) is 26.3 Å². The van der Waals surface area contributed by atoms with Gasteiger partial charge in [0, 0.05) is 30.6 Å². The molecule has 2 aromatic heterocycles. The Morgan fingerprint density at radius 1 is 1.28 bits per heavy atom. The van der Waals surface area contributed by atoms with Gasteiger partial charge in [0.05, 0.1) is 29.5 Å². The molecular weight excluding hydrogens is 391 g/mol. The quantitative estimate of drug-likeness (QED) is 0.693. The maximum atomic E-state index is 13.3. The van der Waals surface area contributed by atoms with E-state index in [9.17, 15) is 9.18 Å². The Morgan fingerprint density at radius 2 is 1.97 bits per heavy atom.